The predicted octanol–water partition coefficient (Wildman–Crippen LogP) is 4.11. The minimum Gasteiger partial charge on any atom is -0.497 e. The van der Waals surface area contributed by atoms with Crippen LogP contribution >= 0.6 is 11.6 Å². The third-order valence-electron chi connectivity index (χ3n) is 6.89. The molecule has 5 atom stereocenters. The molecule has 2 fully saturated rings. The summed E-state index contributed by atoms with van der Waals surface area (Å²) < 4.78 is 5.31. The van der Waals surface area contributed by atoms with Crippen molar-refractivity contribution in [2.45, 2.75) is 31.2 Å². The van der Waals surface area contributed by atoms with Gasteiger partial charge >= 0.3 is 0 Å². The number of nitrogens with one attached hydrogen (secondary N) is 4. The first-order valence-electron chi connectivity index (χ1n) is 11.6. The number of piperidine rings is 1. The summed E-state index contributed by atoms with van der Waals surface area (Å²) in [6, 6.07) is 26.0. The Balaban J connectivity index is 1.39. The highest BCUT2D eigenvalue weighted by atomic mass is 35.5. The summed E-state index contributed by atoms with van der Waals surface area (Å²) in [5.41, 5.74) is 10.2. The molecule has 2 aliphatic rings. The van der Waals surface area contributed by atoms with Gasteiger partial charge in [-0.05, 0) is 47.4 Å². The summed E-state index contributed by atoms with van der Waals surface area (Å²) in [5.74, 6) is 0.761. The fraction of sp³-hybridized carbons (Fsp3) is 0.296. The van der Waals surface area contributed by atoms with E-state index in [0.29, 0.717) is 18.0 Å². The van der Waals surface area contributed by atoms with Gasteiger partial charge in [0.25, 0.3) is 0 Å². The molecule has 0 aliphatic carbocycles. The van der Waals surface area contributed by atoms with Gasteiger partial charge in [0.2, 0.25) is 5.91 Å². The van der Waals surface area contributed by atoms with Gasteiger partial charge in [-0.25, -0.2) is 10.9 Å². The maximum atomic E-state index is 13.6. The number of hydrogen-bond acceptors (Lipinski definition) is 5. The largest absolute Gasteiger partial charge is 0.497 e. The second-order valence-corrected chi connectivity index (χ2v) is 9.35. The number of fused-ring (bicyclic) bond motifs is 1. The van der Waals surface area contributed by atoms with Gasteiger partial charge in [0.05, 0.1) is 19.3 Å². The molecule has 2 aliphatic heterocycles. The zero-order valence-electron chi connectivity index (χ0n) is 19.0. The summed E-state index contributed by atoms with van der Waals surface area (Å²) in [7, 11) is 1.66. The molecule has 2 heterocycles. The molecule has 0 radical (unpaired) electrons. The molecule has 1 amide bonds. The first kappa shape index (κ1) is 22.9. The van der Waals surface area contributed by atoms with E-state index in [1.54, 1.807) is 7.11 Å². The number of hydrogen-bond donors (Lipinski definition) is 4. The third kappa shape index (κ3) is 4.81. The highest BCUT2D eigenvalue weighted by Crippen LogP contribution is 2.42. The minimum absolute atomic E-state index is 0.0294. The third-order valence-corrected chi connectivity index (χ3v) is 7.14. The molecule has 176 valence electrons. The first-order chi connectivity index (χ1) is 16.6. The summed E-state index contributed by atoms with van der Waals surface area (Å²) in [6.07, 6.45) is 0.657. The molecule has 5 rings (SSSR count). The van der Waals surface area contributed by atoms with Crippen molar-refractivity contribution in [1.82, 2.24) is 21.5 Å². The average Bonchev–Trinajstić information content (AvgIpc) is 3.32. The van der Waals surface area contributed by atoms with E-state index in [1.165, 1.54) is 5.56 Å². The Hall–Kier alpha value is -2.90. The summed E-state index contributed by atoms with van der Waals surface area (Å²) in [4.78, 5) is 13.6. The van der Waals surface area contributed by atoms with Crippen LogP contribution in [0.1, 0.15) is 35.2 Å². The topological polar surface area (TPSA) is 74.4 Å². The van der Waals surface area contributed by atoms with Gasteiger partial charge < -0.3 is 10.1 Å². The van der Waals surface area contributed by atoms with Crippen LogP contribution < -0.4 is 26.2 Å². The quantitative estimate of drug-likeness (QED) is 0.431. The lowest BCUT2D eigenvalue weighted by molar-refractivity contribution is -0.129. The number of carbonyl (C=O) groups is 1. The van der Waals surface area contributed by atoms with E-state index >= 15 is 0 Å². The van der Waals surface area contributed by atoms with E-state index in [9.17, 15) is 4.79 Å². The van der Waals surface area contributed by atoms with Gasteiger partial charge in [-0.1, -0.05) is 66.2 Å². The molecular weight excluding hydrogens is 448 g/mol. The Labute approximate surface area is 205 Å². The zero-order valence-corrected chi connectivity index (χ0v) is 19.8. The highest BCUT2D eigenvalue weighted by Gasteiger charge is 2.49. The van der Waals surface area contributed by atoms with E-state index < -0.39 is 0 Å². The maximum absolute atomic E-state index is 13.6. The molecule has 0 bridgehead atoms. The van der Waals surface area contributed by atoms with E-state index in [0.717, 1.165) is 16.9 Å². The Morgan fingerprint density at radius 2 is 1.71 bits per heavy atom. The molecule has 6 nitrogen and oxygen atoms in total. The molecule has 3 aromatic carbocycles. The van der Waals surface area contributed by atoms with Gasteiger partial charge in [0, 0.05) is 29.4 Å². The smallest absolute Gasteiger partial charge is 0.223 e. The maximum Gasteiger partial charge on any atom is 0.223 e. The molecule has 0 saturated carbocycles. The lowest BCUT2D eigenvalue weighted by atomic mass is 9.74. The van der Waals surface area contributed by atoms with Crippen molar-refractivity contribution in [3.8, 4) is 5.75 Å². The normalized spacial score (nSPS) is 26.0. The fourth-order valence-electron chi connectivity index (χ4n) is 5.12. The van der Waals surface area contributed by atoms with Crippen LogP contribution in [0, 0.1) is 11.8 Å². The zero-order chi connectivity index (χ0) is 23.5. The highest BCUT2D eigenvalue weighted by molar-refractivity contribution is 6.30. The number of rotatable bonds is 6. The Morgan fingerprint density at radius 3 is 2.41 bits per heavy atom. The molecule has 0 aromatic heterocycles. The molecule has 34 heavy (non-hydrogen) atoms. The fourth-order valence-corrected chi connectivity index (χ4v) is 5.24. The molecular formula is C27H29ClN4O2. The Kier molecular flexibility index (Phi) is 6.83. The monoisotopic (exact) mass is 476 g/mol. The molecule has 0 spiro atoms. The van der Waals surface area contributed by atoms with Crippen molar-refractivity contribution in [1.29, 1.82) is 0 Å². The number of hydrazine groups is 1. The van der Waals surface area contributed by atoms with Crippen LogP contribution in [0.3, 0.4) is 0 Å². The van der Waals surface area contributed by atoms with E-state index in [2.05, 4.69) is 45.8 Å². The van der Waals surface area contributed by atoms with Crippen LogP contribution in [0.5, 0.6) is 5.75 Å². The number of methoxy groups -OCH3 is 1. The molecule has 5 unspecified atom stereocenters. The molecule has 2 saturated heterocycles. The predicted molar refractivity (Wildman–Crippen MR) is 133 cm³/mol. The second kappa shape index (κ2) is 10.2. The number of ether oxygens (including phenoxy) is 1. The Bertz CT molecular complexity index is 1110. The SMILES string of the molecule is COc1ccc(C2CC(C(=O)NCc3ccc(Cl)cc3)C3C(NNC3c3ccccc3)N2)cc1. The number of benzene rings is 3. The van der Waals surface area contributed by atoms with Crippen LogP contribution in [-0.4, -0.2) is 19.2 Å². The second-order valence-electron chi connectivity index (χ2n) is 8.91. The average molecular weight is 477 g/mol. The number of carbonyl (C=O) groups excluding carboxylic acids is 1. The summed E-state index contributed by atoms with van der Waals surface area (Å²) >= 11 is 6.01. The van der Waals surface area contributed by atoms with Gasteiger partial charge in [-0.2, -0.15) is 0 Å². The first-order valence-corrected chi connectivity index (χ1v) is 12.0. The van der Waals surface area contributed by atoms with Gasteiger partial charge in [0.15, 0.2) is 0 Å². The minimum atomic E-state index is -0.182. The molecule has 4 N–H and O–H groups in total. The van der Waals surface area contributed by atoms with Crippen LogP contribution in [-0.2, 0) is 11.3 Å². The van der Waals surface area contributed by atoms with Gasteiger partial charge in [-0.3, -0.25) is 10.1 Å². The van der Waals surface area contributed by atoms with Crippen LogP contribution in [0.25, 0.3) is 0 Å². The van der Waals surface area contributed by atoms with Crippen molar-refractivity contribution in [3.05, 3.63) is 101 Å². The Morgan fingerprint density at radius 1 is 0.971 bits per heavy atom. The lowest BCUT2D eigenvalue weighted by Gasteiger charge is -2.40. The van der Waals surface area contributed by atoms with Crippen molar-refractivity contribution < 1.29 is 9.53 Å². The van der Waals surface area contributed by atoms with Gasteiger partial charge in [0.1, 0.15) is 5.75 Å². The van der Waals surface area contributed by atoms with Crippen molar-refractivity contribution in [3.63, 3.8) is 0 Å². The summed E-state index contributed by atoms with van der Waals surface area (Å²) in [6.45, 7) is 0.474. The van der Waals surface area contributed by atoms with E-state index in [4.69, 9.17) is 16.3 Å². The molecule has 7 heteroatoms. The standard InChI is InChI=1S/C27H29ClN4O2/c1-34-21-13-9-18(10-14-21)23-15-22(27(33)29-16-17-7-11-20(28)12-8-17)24-25(31-32-26(24)30-23)19-5-3-2-4-6-19/h2-14,22-26,30-32H,15-16H2,1H3,(H,29,33). The van der Waals surface area contributed by atoms with E-state index in [-0.39, 0.29) is 36.0 Å². The summed E-state index contributed by atoms with van der Waals surface area (Å²) in [5, 5.41) is 7.59. The lowest BCUT2D eigenvalue weighted by Crippen LogP contribution is -2.54. The van der Waals surface area contributed by atoms with E-state index in [1.807, 2.05) is 54.6 Å². The number of amides is 1. The van der Waals surface area contributed by atoms with Crippen molar-refractivity contribution >= 4 is 17.5 Å². The van der Waals surface area contributed by atoms with Crippen molar-refractivity contribution in [2.75, 3.05) is 7.11 Å². The van der Waals surface area contributed by atoms with Crippen molar-refractivity contribution in [2.24, 2.45) is 11.8 Å². The number of halogens is 1. The molecule has 3 aromatic rings. The van der Waals surface area contributed by atoms with Crippen LogP contribution in [0.2, 0.25) is 5.02 Å². The van der Waals surface area contributed by atoms with Gasteiger partial charge in [-0.15, -0.1) is 0 Å². The van der Waals surface area contributed by atoms with Crippen LogP contribution in [0.4, 0.5) is 0 Å². The van der Waals surface area contributed by atoms with Crippen LogP contribution in [0.15, 0.2) is 78.9 Å².